The Balaban J connectivity index is 2.27. The Kier molecular flexibility index (Phi) is 4.44. The molecule has 102 valence electrons. The number of nitrogens with two attached hydrogens (primary N) is 1. The van der Waals surface area contributed by atoms with E-state index < -0.39 is 0 Å². The van der Waals surface area contributed by atoms with Crippen LogP contribution in [0.2, 0.25) is 0 Å². The fourth-order valence-corrected chi connectivity index (χ4v) is 1.54. The Labute approximate surface area is 116 Å². The highest BCUT2D eigenvalue weighted by atomic mass is 16.5. The number of nitrogen functional groups attached to an aromatic ring is 1. The van der Waals surface area contributed by atoms with E-state index in [9.17, 15) is 0 Å². The summed E-state index contributed by atoms with van der Waals surface area (Å²) in [6.45, 7) is 0.240. The summed E-state index contributed by atoms with van der Waals surface area (Å²) >= 11 is 0. The molecular formula is C13H13N5O2. The van der Waals surface area contributed by atoms with Crippen LogP contribution < -0.4 is 16.0 Å². The minimum absolute atomic E-state index is 0.240. The van der Waals surface area contributed by atoms with E-state index >= 15 is 0 Å². The average Bonchev–Trinajstić information content (AvgIpc) is 2.47. The maximum atomic E-state index is 8.85. The lowest BCUT2D eigenvalue weighted by Crippen LogP contribution is -2.11. The number of hydrazine groups is 1. The molecule has 0 bridgehead atoms. The van der Waals surface area contributed by atoms with Crippen LogP contribution in [0.5, 0.6) is 11.6 Å². The molecule has 20 heavy (non-hydrogen) atoms. The van der Waals surface area contributed by atoms with Crippen molar-refractivity contribution in [2.45, 2.75) is 6.61 Å². The molecule has 0 unspecified atom stereocenters. The number of ether oxygens (including phenoxy) is 2. The molecule has 0 saturated heterocycles. The first-order chi connectivity index (χ1) is 9.75. The molecule has 0 fully saturated rings. The third kappa shape index (κ3) is 3.41. The van der Waals surface area contributed by atoms with E-state index in [1.165, 1.54) is 0 Å². The van der Waals surface area contributed by atoms with Gasteiger partial charge in [-0.3, -0.25) is 0 Å². The second-order valence-electron chi connectivity index (χ2n) is 3.83. The van der Waals surface area contributed by atoms with Gasteiger partial charge in [-0.25, -0.2) is 10.8 Å². The molecule has 1 heterocycles. The van der Waals surface area contributed by atoms with E-state index in [0.29, 0.717) is 28.8 Å². The fourth-order valence-electron chi connectivity index (χ4n) is 1.54. The largest absolute Gasteiger partial charge is 0.439 e. The first kappa shape index (κ1) is 13.7. The molecule has 0 spiro atoms. The van der Waals surface area contributed by atoms with E-state index in [1.54, 1.807) is 37.4 Å². The van der Waals surface area contributed by atoms with Crippen molar-refractivity contribution in [3.63, 3.8) is 0 Å². The first-order valence-electron chi connectivity index (χ1n) is 5.76. The summed E-state index contributed by atoms with van der Waals surface area (Å²) in [5.41, 5.74) is 2.94. The zero-order valence-electron chi connectivity index (χ0n) is 10.8. The molecule has 0 aliphatic rings. The van der Waals surface area contributed by atoms with Crippen molar-refractivity contribution in [2.75, 3.05) is 12.5 Å². The summed E-state index contributed by atoms with van der Waals surface area (Å²) in [4.78, 5) is 8.30. The van der Waals surface area contributed by atoms with Gasteiger partial charge < -0.3 is 14.9 Å². The predicted molar refractivity (Wildman–Crippen MR) is 71.8 cm³/mol. The monoisotopic (exact) mass is 271 g/mol. The standard InChI is InChI=1S/C13H13N5O2/c1-19-8-12-16-11(18-15)6-13(17-12)20-10-4-2-3-9(5-10)7-14/h2-6H,8,15H2,1H3,(H,16,17,18). The molecule has 3 N–H and O–H groups in total. The molecule has 7 heteroatoms. The molecule has 1 aromatic carbocycles. The number of nitrogens with one attached hydrogen (secondary N) is 1. The lowest BCUT2D eigenvalue weighted by Gasteiger charge is -2.08. The summed E-state index contributed by atoms with van der Waals surface area (Å²) in [5, 5.41) is 8.85. The molecule has 7 nitrogen and oxygen atoms in total. The van der Waals surface area contributed by atoms with Crippen LogP contribution >= 0.6 is 0 Å². The number of hydrogen-bond donors (Lipinski definition) is 2. The Morgan fingerprint density at radius 1 is 1.35 bits per heavy atom. The summed E-state index contributed by atoms with van der Waals surface area (Å²) in [6.07, 6.45) is 0. The molecule has 0 atom stereocenters. The minimum Gasteiger partial charge on any atom is -0.439 e. The van der Waals surface area contributed by atoms with E-state index in [-0.39, 0.29) is 6.61 Å². The topological polar surface area (TPSA) is 106 Å². The summed E-state index contributed by atoms with van der Waals surface area (Å²) in [5.74, 6) is 7.02. The van der Waals surface area contributed by atoms with Crippen molar-refractivity contribution >= 4 is 5.82 Å². The second kappa shape index (κ2) is 6.47. The molecule has 0 radical (unpaired) electrons. The zero-order valence-corrected chi connectivity index (χ0v) is 10.8. The zero-order chi connectivity index (χ0) is 14.4. The SMILES string of the molecule is COCc1nc(NN)cc(Oc2cccc(C#N)c2)n1. The highest BCUT2D eigenvalue weighted by Gasteiger charge is 2.06. The van der Waals surface area contributed by atoms with Gasteiger partial charge in [0.15, 0.2) is 5.82 Å². The van der Waals surface area contributed by atoms with Gasteiger partial charge in [0.1, 0.15) is 18.2 Å². The first-order valence-corrected chi connectivity index (χ1v) is 5.76. The van der Waals surface area contributed by atoms with Crippen molar-refractivity contribution < 1.29 is 9.47 Å². The second-order valence-corrected chi connectivity index (χ2v) is 3.83. The van der Waals surface area contributed by atoms with Crippen LogP contribution in [0.15, 0.2) is 30.3 Å². The molecule has 0 amide bonds. The van der Waals surface area contributed by atoms with Crippen LogP contribution in [0, 0.1) is 11.3 Å². The molecule has 0 aliphatic heterocycles. The fraction of sp³-hybridized carbons (Fsp3) is 0.154. The third-order valence-electron chi connectivity index (χ3n) is 2.36. The maximum Gasteiger partial charge on any atom is 0.224 e. The van der Waals surface area contributed by atoms with E-state index in [1.807, 2.05) is 6.07 Å². The number of benzene rings is 1. The van der Waals surface area contributed by atoms with E-state index in [2.05, 4.69) is 15.4 Å². The van der Waals surface area contributed by atoms with Gasteiger partial charge in [-0.05, 0) is 18.2 Å². The maximum absolute atomic E-state index is 8.85. The van der Waals surface area contributed by atoms with Gasteiger partial charge in [-0.1, -0.05) is 6.07 Å². The third-order valence-corrected chi connectivity index (χ3v) is 2.36. The van der Waals surface area contributed by atoms with E-state index in [0.717, 1.165) is 0 Å². The number of rotatable bonds is 5. The van der Waals surface area contributed by atoms with Gasteiger partial charge in [0, 0.05) is 13.2 Å². The number of nitrogens with zero attached hydrogens (tertiary/aromatic N) is 3. The van der Waals surface area contributed by atoms with Gasteiger partial charge in [0.2, 0.25) is 5.88 Å². The number of aromatic nitrogens is 2. The molecule has 0 aliphatic carbocycles. The lowest BCUT2D eigenvalue weighted by molar-refractivity contribution is 0.177. The molecule has 2 aromatic rings. The average molecular weight is 271 g/mol. The predicted octanol–water partition coefficient (Wildman–Crippen LogP) is 1.57. The normalized spacial score (nSPS) is 9.85. The van der Waals surface area contributed by atoms with Crippen LogP contribution in [0.1, 0.15) is 11.4 Å². The number of nitriles is 1. The molecule has 1 aromatic heterocycles. The Morgan fingerprint density at radius 3 is 2.90 bits per heavy atom. The Hall–Kier alpha value is -2.69. The van der Waals surface area contributed by atoms with Gasteiger partial charge in [0.25, 0.3) is 0 Å². The van der Waals surface area contributed by atoms with Crippen molar-refractivity contribution in [3.05, 3.63) is 41.7 Å². The Bertz CT molecular complexity index is 639. The van der Waals surface area contributed by atoms with Crippen LogP contribution in [0.3, 0.4) is 0 Å². The van der Waals surface area contributed by atoms with E-state index in [4.69, 9.17) is 20.6 Å². The number of hydrogen-bond acceptors (Lipinski definition) is 7. The highest BCUT2D eigenvalue weighted by molar-refractivity contribution is 5.41. The summed E-state index contributed by atoms with van der Waals surface area (Å²) in [6, 6.07) is 10.4. The highest BCUT2D eigenvalue weighted by Crippen LogP contribution is 2.22. The van der Waals surface area contributed by atoms with Gasteiger partial charge in [0.05, 0.1) is 11.6 Å². The van der Waals surface area contributed by atoms with Crippen LogP contribution in [-0.2, 0) is 11.3 Å². The molecule has 0 saturated carbocycles. The lowest BCUT2D eigenvalue weighted by atomic mass is 10.2. The van der Waals surface area contributed by atoms with Crippen molar-refractivity contribution in [1.29, 1.82) is 5.26 Å². The van der Waals surface area contributed by atoms with Gasteiger partial charge >= 0.3 is 0 Å². The van der Waals surface area contributed by atoms with Crippen LogP contribution in [-0.4, -0.2) is 17.1 Å². The minimum atomic E-state index is 0.240. The summed E-state index contributed by atoms with van der Waals surface area (Å²) < 4.78 is 10.6. The Morgan fingerprint density at radius 2 is 2.20 bits per heavy atom. The van der Waals surface area contributed by atoms with Gasteiger partial charge in [-0.15, -0.1) is 0 Å². The van der Waals surface area contributed by atoms with Crippen LogP contribution in [0.25, 0.3) is 0 Å². The van der Waals surface area contributed by atoms with Crippen molar-refractivity contribution in [2.24, 2.45) is 5.84 Å². The van der Waals surface area contributed by atoms with Crippen molar-refractivity contribution in [3.8, 4) is 17.7 Å². The van der Waals surface area contributed by atoms with Crippen LogP contribution in [0.4, 0.5) is 5.82 Å². The number of methoxy groups -OCH3 is 1. The molecular weight excluding hydrogens is 258 g/mol. The summed E-state index contributed by atoms with van der Waals surface area (Å²) in [7, 11) is 1.54. The number of anilines is 1. The van der Waals surface area contributed by atoms with Gasteiger partial charge in [-0.2, -0.15) is 10.2 Å². The smallest absolute Gasteiger partial charge is 0.224 e. The molecule has 2 rings (SSSR count). The van der Waals surface area contributed by atoms with Crippen molar-refractivity contribution in [1.82, 2.24) is 9.97 Å². The quantitative estimate of drug-likeness (QED) is 0.628.